The third-order valence-corrected chi connectivity index (χ3v) is 3.26. The Morgan fingerprint density at radius 1 is 1.29 bits per heavy atom. The zero-order valence-corrected chi connectivity index (χ0v) is 12.2. The van der Waals surface area contributed by atoms with Crippen LogP contribution in [0.1, 0.15) is 12.0 Å². The van der Waals surface area contributed by atoms with Crippen molar-refractivity contribution in [1.82, 2.24) is 9.80 Å². The summed E-state index contributed by atoms with van der Waals surface area (Å²) >= 11 is 0. The van der Waals surface area contributed by atoms with Gasteiger partial charge < -0.3 is 19.6 Å². The van der Waals surface area contributed by atoms with Gasteiger partial charge in [0.1, 0.15) is 12.4 Å². The molecular weight excluding hydrogens is 268 g/mol. The first-order valence-corrected chi connectivity index (χ1v) is 7.03. The number of ether oxygens (including phenoxy) is 1. The van der Waals surface area contributed by atoms with Crippen molar-refractivity contribution in [3.05, 3.63) is 29.8 Å². The van der Waals surface area contributed by atoms with E-state index in [1.165, 1.54) is 0 Å². The van der Waals surface area contributed by atoms with E-state index in [0.717, 1.165) is 24.4 Å². The molecule has 1 aliphatic rings. The van der Waals surface area contributed by atoms with E-state index >= 15 is 0 Å². The topological polar surface area (TPSA) is 53.0 Å². The van der Waals surface area contributed by atoms with Crippen LogP contribution in [0.4, 0.5) is 4.79 Å². The van der Waals surface area contributed by atoms with Crippen LogP contribution >= 0.6 is 0 Å². The summed E-state index contributed by atoms with van der Waals surface area (Å²) in [5, 5.41) is 8.66. The van der Waals surface area contributed by atoms with Crippen LogP contribution in [0.15, 0.2) is 24.3 Å². The van der Waals surface area contributed by atoms with Crippen molar-refractivity contribution in [2.75, 3.05) is 39.9 Å². The smallest absolute Gasteiger partial charge is 0.319 e. The van der Waals surface area contributed by atoms with Gasteiger partial charge in [-0.05, 0) is 24.3 Å². The largest absolute Gasteiger partial charge is 0.492 e. The monoisotopic (exact) mass is 288 g/mol. The lowest BCUT2D eigenvalue weighted by Crippen LogP contribution is -2.32. The number of nitrogens with zero attached hydrogens (tertiary/aromatic N) is 2. The lowest BCUT2D eigenvalue weighted by Gasteiger charge is -2.16. The van der Waals surface area contributed by atoms with Crippen LogP contribution in [-0.2, 0) is 0 Å². The van der Waals surface area contributed by atoms with Gasteiger partial charge in [-0.15, -0.1) is 0 Å². The fourth-order valence-electron chi connectivity index (χ4n) is 2.04. The Morgan fingerprint density at radius 2 is 2.05 bits per heavy atom. The van der Waals surface area contributed by atoms with Gasteiger partial charge in [-0.25, -0.2) is 4.79 Å². The molecule has 2 amide bonds. The van der Waals surface area contributed by atoms with Crippen molar-refractivity contribution in [3.8, 4) is 17.6 Å². The van der Waals surface area contributed by atoms with Gasteiger partial charge in [0.25, 0.3) is 0 Å². The van der Waals surface area contributed by atoms with Crippen molar-refractivity contribution < 1.29 is 14.6 Å². The maximum atomic E-state index is 11.7. The number of carbonyl (C=O) groups is 1. The van der Waals surface area contributed by atoms with Crippen molar-refractivity contribution in [3.63, 3.8) is 0 Å². The van der Waals surface area contributed by atoms with Crippen LogP contribution in [0.2, 0.25) is 0 Å². The van der Waals surface area contributed by atoms with E-state index in [1.807, 2.05) is 24.3 Å². The Labute approximate surface area is 125 Å². The molecule has 112 valence electrons. The highest BCUT2D eigenvalue weighted by atomic mass is 16.5. The third kappa shape index (κ3) is 4.40. The first-order valence-electron chi connectivity index (χ1n) is 7.03. The van der Waals surface area contributed by atoms with E-state index in [9.17, 15) is 4.79 Å². The predicted octanol–water partition coefficient (Wildman–Crippen LogP) is 1.17. The number of aliphatic hydroxyl groups is 1. The van der Waals surface area contributed by atoms with Crippen LogP contribution < -0.4 is 4.74 Å². The second-order valence-corrected chi connectivity index (χ2v) is 4.84. The van der Waals surface area contributed by atoms with Crippen molar-refractivity contribution in [2.24, 2.45) is 0 Å². The molecule has 0 atom stereocenters. The Kier molecular flexibility index (Phi) is 5.47. The molecule has 5 nitrogen and oxygen atoms in total. The van der Waals surface area contributed by atoms with Crippen LogP contribution in [0, 0.1) is 11.8 Å². The lowest BCUT2D eigenvalue weighted by molar-refractivity contribution is 0.188. The summed E-state index contributed by atoms with van der Waals surface area (Å²) in [6.45, 7) is 2.70. The number of carbonyl (C=O) groups excluding carboxylic acids is 1. The Hall–Kier alpha value is -2.19. The first kappa shape index (κ1) is 15.2. The van der Waals surface area contributed by atoms with E-state index in [-0.39, 0.29) is 12.6 Å². The van der Waals surface area contributed by atoms with Crippen molar-refractivity contribution in [1.29, 1.82) is 0 Å². The molecule has 0 saturated carbocycles. The fraction of sp³-hybridized carbons (Fsp3) is 0.438. The second-order valence-electron chi connectivity index (χ2n) is 4.84. The Bertz CT molecular complexity index is 531. The molecule has 1 fully saturated rings. The predicted molar refractivity (Wildman–Crippen MR) is 80.1 cm³/mol. The number of likely N-dealkylation sites (N-methyl/N-ethyl adjacent to an activating group) is 1. The molecule has 1 aromatic rings. The molecule has 1 heterocycles. The minimum atomic E-state index is 0.0631. The number of benzene rings is 1. The van der Waals surface area contributed by atoms with E-state index in [4.69, 9.17) is 9.84 Å². The molecule has 1 aromatic carbocycles. The summed E-state index contributed by atoms with van der Waals surface area (Å²) in [6, 6.07) is 7.55. The molecule has 5 heteroatoms. The van der Waals surface area contributed by atoms with Crippen LogP contribution in [0.25, 0.3) is 0 Å². The van der Waals surface area contributed by atoms with Crippen LogP contribution in [-0.4, -0.2) is 60.8 Å². The maximum Gasteiger partial charge on any atom is 0.319 e. The molecule has 1 N–H and O–H groups in total. The van der Waals surface area contributed by atoms with Gasteiger partial charge in [0.15, 0.2) is 0 Å². The van der Waals surface area contributed by atoms with Crippen LogP contribution in [0.5, 0.6) is 5.75 Å². The number of aliphatic hydroxyl groups excluding tert-OH is 1. The number of hydrogen-bond acceptors (Lipinski definition) is 3. The fourth-order valence-corrected chi connectivity index (χ4v) is 2.04. The van der Waals surface area contributed by atoms with Gasteiger partial charge >= 0.3 is 6.03 Å². The minimum Gasteiger partial charge on any atom is -0.492 e. The highest BCUT2D eigenvalue weighted by Crippen LogP contribution is 2.12. The van der Waals surface area contributed by atoms with Gasteiger partial charge in [0.05, 0.1) is 13.2 Å². The number of hydrogen-bond donors (Lipinski definition) is 1. The Balaban J connectivity index is 1.76. The third-order valence-electron chi connectivity index (χ3n) is 3.26. The van der Waals surface area contributed by atoms with Crippen molar-refractivity contribution in [2.45, 2.75) is 6.42 Å². The van der Waals surface area contributed by atoms with E-state index in [1.54, 1.807) is 16.8 Å². The quantitative estimate of drug-likeness (QED) is 0.827. The highest BCUT2D eigenvalue weighted by molar-refractivity contribution is 5.76. The summed E-state index contributed by atoms with van der Waals surface area (Å²) in [5.41, 5.74) is 0.896. The molecule has 21 heavy (non-hydrogen) atoms. The average molecular weight is 288 g/mol. The maximum absolute atomic E-state index is 11.7. The average Bonchev–Trinajstić information content (AvgIpc) is 2.81. The molecule has 0 bridgehead atoms. The summed E-state index contributed by atoms with van der Waals surface area (Å²) in [7, 11) is 1.81. The summed E-state index contributed by atoms with van der Waals surface area (Å²) in [4.78, 5) is 15.2. The molecule has 0 radical (unpaired) electrons. The minimum absolute atomic E-state index is 0.0631. The summed E-state index contributed by atoms with van der Waals surface area (Å²) < 4.78 is 5.63. The normalized spacial score (nSPS) is 14.1. The van der Waals surface area contributed by atoms with E-state index in [0.29, 0.717) is 19.6 Å². The van der Waals surface area contributed by atoms with Crippen molar-refractivity contribution >= 4 is 6.03 Å². The zero-order valence-electron chi connectivity index (χ0n) is 12.2. The molecule has 2 rings (SSSR count). The van der Waals surface area contributed by atoms with Gasteiger partial charge in [-0.2, -0.15) is 0 Å². The van der Waals surface area contributed by atoms with E-state index in [2.05, 4.69) is 11.8 Å². The number of amides is 2. The second kappa shape index (κ2) is 7.55. The van der Waals surface area contributed by atoms with Gasteiger partial charge in [-0.1, -0.05) is 11.8 Å². The molecule has 0 unspecified atom stereocenters. The molecular formula is C16H20N2O3. The van der Waals surface area contributed by atoms with Gasteiger partial charge in [0.2, 0.25) is 0 Å². The lowest BCUT2D eigenvalue weighted by atomic mass is 10.2. The summed E-state index contributed by atoms with van der Waals surface area (Å²) in [5.74, 6) is 6.60. The first-order chi connectivity index (χ1) is 10.2. The SMILES string of the molecule is CN1CCN(CCOc2ccc(C#CCCO)cc2)C1=O. The number of urea groups is 1. The standard InChI is InChI=1S/C16H20N2O3/c1-17-9-10-18(16(17)20)11-13-21-15-7-5-14(6-8-15)4-2-3-12-19/h5-8,19H,3,9-13H2,1H3. The molecule has 0 spiro atoms. The molecule has 1 saturated heterocycles. The number of rotatable bonds is 5. The molecule has 0 aromatic heterocycles. The van der Waals surface area contributed by atoms with Gasteiger partial charge in [-0.3, -0.25) is 0 Å². The zero-order chi connectivity index (χ0) is 15.1. The van der Waals surface area contributed by atoms with Gasteiger partial charge in [0, 0.05) is 32.1 Å². The summed E-state index contributed by atoms with van der Waals surface area (Å²) in [6.07, 6.45) is 0.483. The Morgan fingerprint density at radius 3 is 2.67 bits per heavy atom. The molecule has 0 aliphatic carbocycles. The van der Waals surface area contributed by atoms with E-state index < -0.39 is 0 Å². The molecule has 1 aliphatic heterocycles. The highest BCUT2D eigenvalue weighted by Gasteiger charge is 2.24. The van der Waals surface area contributed by atoms with Crippen LogP contribution in [0.3, 0.4) is 0 Å².